The molecule has 192 valence electrons. The number of allylic oxidation sites excluding steroid dienone is 2. The van der Waals surface area contributed by atoms with Crippen molar-refractivity contribution in [2.45, 2.75) is 26.6 Å². The van der Waals surface area contributed by atoms with Gasteiger partial charge >= 0.3 is 5.91 Å². The number of hydroxylamine groups is 2. The van der Waals surface area contributed by atoms with E-state index < -0.39 is 46.5 Å². The van der Waals surface area contributed by atoms with Crippen molar-refractivity contribution >= 4 is 23.2 Å². The largest absolute Gasteiger partial charge is 0.614 e. The summed E-state index contributed by atoms with van der Waals surface area (Å²) in [6.45, 7) is 2.05. The molecule has 3 aromatic heterocycles. The van der Waals surface area contributed by atoms with Gasteiger partial charge in [0.05, 0.1) is 29.9 Å². The minimum atomic E-state index is -1.56. The van der Waals surface area contributed by atoms with Crippen molar-refractivity contribution in [2.24, 2.45) is 0 Å². The van der Waals surface area contributed by atoms with Gasteiger partial charge in [-0.2, -0.15) is 0 Å². The summed E-state index contributed by atoms with van der Waals surface area (Å²) in [4.78, 5) is 25.5. The molecule has 2 N–H and O–H groups in total. The number of aryl methyl sites for hydroxylation is 1. The summed E-state index contributed by atoms with van der Waals surface area (Å²) in [7, 11) is 0. The van der Waals surface area contributed by atoms with Crippen LogP contribution in [0.1, 0.15) is 30.0 Å². The molecule has 0 aromatic carbocycles. The highest BCUT2D eigenvalue weighted by atomic mass is 35.5. The van der Waals surface area contributed by atoms with Crippen LogP contribution in [0, 0.1) is 23.8 Å². The number of carbonyl (C=O) groups excluding carboxylic acids is 1. The van der Waals surface area contributed by atoms with Crippen LogP contribution in [0.25, 0.3) is 11.4 Å². The Morgan fingerprint density at radius 2 is 1.92 bits per heavy atom. The third-order valence-corrected chi connectivity index (χ3v) is 6.08. The Hall–Kier alpha value is -3.61. The van der Waals surface area contributed by atoms with Crippen molar-refractivity contribution in [1.82, 2.24) is 19.6 Å². The van der Waals surface area contributed by atoms with Crippen LogP contribution < -0.4 is 4.65 Å². The van der Waals surface area contributed by atoms with E-state index in [1.165, 1.54) is 31.3 Å². The van der Waals surface area contributed by atoms with Crippen LogP contribution in [0.4, 0.5) is 14.5 Å². The first-order valence-corrected chi connectivity index (χ1v) is 11.3. The van der Waals surface area contributed by atoms with Crippen molar-refractivity contribution in [3.05, 3.63) is 99.1 Å². The summed E-state index contributed by atoms with van der Waals surface area (Å²) in [5.41, 5.74) is 1.00. The third kappa shape index (κ3) is 4.99. The second kappa shape index (κ2) is 10.4. The molecule has 4 rings (SSSR count). The van der Waals surface area contributed by atoms with Gasteiger partial charge in [-0.05, 0) is 19.1 Å². The van der Waals surface area contributed by atoms with Gasteiger partial charge in [0.25, 0.3) is 0 Å². The average Bonchev–Trinajstić information content (AvgIpc) is 2.89. The first-order chi connectivity index (χ1) is 17.6. The molecule has 12 heteroatoms. The third-order valence-electron chi connectivity index (χ3n) is 5.74. The number of aromatic nitrogens is 3. The number of rotatable bonds is 7. The molecule has 0 radical (unpaired) electrons. The highest BCUT2D eigenvalue weighted by Gasteiger charge is 2.42. The van der Waals surface area contributed by atoms with Crippen molar-refractivity contribution < 1.29 is 28.5 Å². The standard InChI is InChI=1S/C25H21ClF2N4O5/c1-13-9-29-19(17-4-3-5-18(31-17)22(34)11-33)8-21(13)32(36)14(2)6-23(24(26)25(32)35)37-12-20-16(28)7-15(27)10-30-20/h3-10,22,33-34H,11-12H2,1-2H3/t22-,32?/m0/s1. The number of ether oxygens (including phenoxy) is 1. The number of hydrogen-bond acceptors (Lipinski definition) is 8. The van der Waals surface area contributed by atoms with Crippen molar-refractivity contribution in [2.75, 3.05) is 6.61 Å². The lowest BCUT2D eigenvalue weighted by Crippen LogP contribution is -2.49. The molecule has 9 nitrogen and oxygen atoms in total. The van der Waals surface area contributed by atoms with Crippen molar-refractivity contribution in [3.63, 3.8) is 0 Å². The van der Waals surface area contributed by atoms with E-state index in [-0.39, 0.29) is 34.2 Å². The molecule has 1 aliphatic heterocycles. The fourth-order valence-corrected chi connectivity index (χ4v) is 3.94. The molecule has 4 heterocycles. The molecular formula is C25H21ClF2N4O5. The predicted molar refractivity (Wildman–Crippen MR) is 130 cm³/mol. The second-order valence-electron chi connectivity index (χ2n) is 8.25. The second-order valence-corrected chi connectivity index (χ2v) is 8.63. The summed E-state index contributed by atoms with van der Waals surface area (Å²) in [6, 6.07) is 6.79. The number of amides is 1. The molecule has 1 amide bonds. The van der Waals surface area contributed by atoms with E-state index in [1.807, 2.05) is 0 Å². The van der Waals surface area contributed by atoms with Crippen LogP contribution in [0.5, 0.6) is 0 Å². The molecule has 1 unspecified atom stereocenters. The Balaban J connectivity index is 1.68. The van der Waals surface area contributed by atoms with Gasteiger partial charge in [0.1, 0.15) is 29.9 Å². The fourth-order valence-electron chi connectivity index (χ4n) is 3.71. The van der Waals surface area contributed by atoms with E-state index in [4.69, 9.17) is 16.3 Å². The number of carbonyl (C=O) groups is 1. The van der Waals surface area contributed by atoms with Gasteiger partial charge in [-0.3, -0.25) is 9.97 Å². The SMILES string of the molecule is CC1=CC(OCc2ncc(F)cc2F)=C(Cl)C(=O)[N+]1([O-])c1cc(-c2cccc([C@@H](O)CO)n2)ncc1C. The van der Waals surface area contributed by atoms with Crippen molar-refractivity contribution in [1.29, 1.82) is 0 Å². The lowest BCUT2D eigenvalue weighted by atomic mass is 10.1. The fraction of sp³-hybridized carbons (Fsp3) is 0.200. The van der Waals surface area contributed by atoms with E-state index in [9.17, 15) is 29.0 Å². The number of aliphatic hydroxyl groups is 2. The van der Waals surface area contributed by atoms with E-state index in [0.29, 0.717) is 17.3 Å². The molecule has 0 spiro atoms. The number of aliphatic hydroxyl groups excluding tert-OH is 2. The average molecular weight is 531 g/mol. The number of quaternary nitrogens is 1. The van der Waals surface area contributed by atoms with Crippen LogP contribution in [-0.2, 0) is 16.1 Å². The van der Waals surface area contributed by atoms with Crippen LogP contribution in [0.15, 0.2) is 65.3 Å². The van der Waals surface area contributed by atoms with E-state index in [0.717, 1.165) is 6.20 Å². The molecule has 2 atom stereocenters. The summed E-state index contributed by atoms with van der Waals surface area (Å²) in [6.07, 6.45) is 2.31. The zero-order chi connectivity index (χ0) is 26.9. The molecule has 0 bridgehead atoms. The minimum absolute atomic E-state index is 0.00889. The van der Waals surface area contributed by atoms with Gasteiger partial charge in [-0.15, -0.1) is 0 Å². The summed E-state index contributed by atoms with van der Waals surface area (Å²) < 4.78 is 30.9. The normalized spacial score (nSPS) is 18.6. The molecular weight excluding hydrogens is 510 g/mol. The smallest absolute Gasteiger partial charge is 0.370 e. The first-order valence-electron chi connectivity index (χ1n) is 11.0. The zero-order valence-electron chi connectivity index (χ0n) is 19.7. The van der Waals surface area contributed by atoms with Crippen LogP contribution in [-0.4, -0.2) is 37.7 Å². The maximum Gasteiger partial charge on any atom is 0.370 e. The predicted octanol–water partition coefficient (Wildman–Crippen LogP) is 4.07. The van der Waals surface area contributed by atoms with Gasteiger partial charge in [-0.1, -0.05) is 17.7 Å². The van der Waals surface area contributed by atoms with E-state index in [1.54, 1.807) is 19.1 Å². The number of nitrogens with zero attached hydrogens (tertiary/aromatic N) is 4. The maximum absolute atomic E-state index is 14.0. The Morgan fingerprint density at radius 3 is 2.62 bits per heavy atom. The van der Waals surface area contributed by atoms with Crippen LogP contribution >= 0.6 is 11.6 Å². The Labute approximate surface area is 215 Å². The first kappa shape index (κ1) is 26.5. The highest BCUT2D eigenvalue weighted by Crippen LogP contribution is 2.40. The Kier molecular flexibility index (Phi) is 7.44. The molecule has 0 saturated carbocycles. The van der Waals surface area contributed by atoms with Gasteiger partial charge in [-0.25, -0.2) is 23.2 Å². The lowest BCUT2D eigenvalue weighted by Gasteiger charge is -2.41. The molecule has 0 aliphatic carbocycles. The van der Waals surface area contributed by atoms with Gasteiger partial charge in [0.2, 0.25) is 0 Å². The number of pyridine rings is 3. The van der Waals surface area contributed by atoms with Crippen molar-refractivity contribution in [3.8, 4) is 11.4 Å². The van der Waals surface area contributed by atoms with Gasteiger partial charge < -0.3 is 20.2 Å². The molecule has 0 fully saturated rings. The Morgan fingerprint density at radius 1 is 1.16 bits per heavy atom. The quantitative estimate of drug-likeness (QED) is 0.345. The maximum atomic E-state index is 14.0. The lowest BCUT2D eigenvalue weighted by molar-refractivity contribution is -0.122. The Bertz CT molecular complexity index is 1440. The highest BCUT2D eigenvalue weighted by molar-refractivity contribution is 6.44. The van der Waals surface area contributed by atoms with E-state index in [2.05, 4.69) is 15.0 Å². The monoisotopic (exact) mass is 530 g/mol. The van der Waals surface area contributed by atoms with E-state index >= 15 is 0 Å². The zero-order valence-corrected chi connectivity index (χ0v) is 20.4. The topological polar surface area (TPSA) is 128 Å². The number of hydrogen-bond donors (Lipinski definition) is 2. The summed E-state index contributed by atoms with van der Waals surface area (Å²) >= 11 is 6.24. The summed E-state index contributed by atoms with van der Waals surface area (Å²) in [5, 5.41) is 32.6. The number of halogens is 3. The summed E-state index contributed by atoms with van der Waals surface area (Å²) in [5.74, 6) is -2.98. The molecule has 37 heavy (non-hydrogen) atoms. The molecule has 0 saturated heterocycles. The molecule has 3 aromatic rings. The van der Waals surface area contributed by atoms with Gasteiger partial charge in [0, 0.05) is 36.9 Å². The van der Waals surface area contributed by atoms with Crippen LogP contribution in [0.3, 0.4) is 0 Å². The minimum Gasteiger partial charge on any atom is -0.614 e. The molecule has 1 aliphatic rings. The van der Waals surface area contributed by atoms with Crippen LogP contribution in [0.2, 0.25) is 0 Å². The van der Waals surface area contributed by atoms with Gasteiger partial charge in [0.15, 0.2) is 22.3 Å².